The van der Waals surface area contributed by atoms with Gasteiger partial charge in [-0.1, -0.05) is 48.5 Å². The van der Waals surface area contributed by atoms with Gasteiger partial charge in [-0.2, -0.15) is 0 Å². The topological polar surface area (TPSA) is 83.1 Å². The molecule has 1 unspecified atom stereocenters. The van der Waals surface area contributed by atoms with Crippen molar-refractivity contribution in [3.63, 3.8) is 0 Å². The molecule has 0 aromatic heterocycles. The van der Waals surface area contributed by atoms with Crippen LogP contribution in [0.2, 0.25) is 0 Å². The van der Waals surface area contributed by atoms with Crippen LogP contribution in [0.4, 0.5) is 10.5 Å². The number of carbonyl (C=O) groups excluding carboxylic acids is 2. The van der Waals surface area contributed by atoms with Gasteiger partial charge in [-0.25, -0.2) is 4.79 Å². The van der Waals surface area contributed by atoms with Crippen molar-refractivity contribution >= 4 is 30.0 Å². The molecule has 3 amide bonds. The van der Waals surface area contributed by atoms with Crippen LogP contribution in [-0.2, 0) is 11.3 Å². The maximum Gasteiger partial charge on any atom is 0.319 e. The molecule has 5 rings (SSSR count). The van der Waals surface area contributed by atoms with E-state index in [0.29, 0.717) is 23.9 Å². The van der Waals surface area contributed by atoms with E-state index >= 15 is 0 Å². The highest BCUT2D eigenvalue weighted by Crippen LogP contribution is 2.42. The Bertz CT molecular complexity index is 1310. The van der Waals surface area contributed by atoms with Gasteiger partial charge in [0.15, 0.2) is 0 Å². The zero-order valence-electron chi connectivity index (χ0n) is 24.4. The van der Waals surface area contributed by atoms with Gasteiger partial charge in [0.1, 0.15) is 11.5 Å². The van der Waals surface area contributed by atoms with Gasteiger partial charge in [0, 0.05) is 31.4 Å². The van der Waals surface area contributed by atoms with E-state index in [2.05, 4.69) is 27.7 Å². The summed E-state index contributed by atoms with van der Waals surface area (Å²) in [5.74, 6) is 1.81. The first-order valence-electron chi connectivity index (χ1n) is 14.4. The van der Waals surface area contributed by atoms with E-state index in [4.69, 9.17) is 9.47 Å². The summed E-state index contributed by atoms with van der Waals surface area (Å²) in [5.41, 5.74) is 2.64. The van der Waals surface area contributed by atoms with Gasteiger partial charge >= 0.3 is 6.03 Å². The van der Waals surface area contributed by atoms with Crippen molar-refractivity contribution in [2.75, 3.05) is 45.7 Å². The zero-order valence-corrected chi connectivity index (χ0v) is 25.2. The Hall–Kier alpha value is -3.75. The van der Waals surface area contributed by atoms with Gasteiger partial charge in [0.25, 0.3) is 0 Å². The molecule has 2 heterocycles. The lowest BCUT2D eigenvalue weighted by Gasteiger charge is -2.38. The first-order chi connectivity index (χ1) is 20.0. The van der Waals surface area contributed by atoms with E-state index in [1.54, 1.807) is 20.3 Å². The van der Waals surface area contributed by atoms with Gasteiger partial charge in [-0.05, 0) is 74.2 Å². The van der Waals surface area contributed by atoms with Crippen LogP contribution >= 0.6 is 12.4 Å². The number of rotatable bonds is 10. The Kier molecular flexibility index (Phi) is 10.7. The molecule has 3 aromatic rings. The molecule has 1 spiro atoms. The number of amides is 3. The average molecular weight is 593 g/mol. The lowest BCUT2D eigenvalue weighted by molar-refractivity contribution is -0.138. The quantitative estimate of drug-likeness (QED) is 0.307. The molecule has 2 N–H and O–H groups in total. The van der Waals surface area contributed by atoms with E-state index in [9.17, 15) is 9.59 Å². The molecule has 0 bridgehead atoms. The predicted octanol–water partition coefficient (Wildman–Crippen LogP) is 5.89. The number of urea groups is 1. The molecule has 0 radical (unpaired) electrons. The summed E-state index contributed by atoms with van der Waals surface area (Å²) in [6.45, 7) is 4.09. The Labute approximate surface area is 254 Å². The van der Waals surface area contributed by atoms with Gasteiger partial charge in [0.05, 0.1) is 25.7 Å². The number of piperidine rings is 1. The second kappa shape index (κ2) is 14.4. The summed E-state index contributed by atoms with van der Waals surface area (Å²) in [7, 11) is 3.27. The van der Waals surface area contributed by atoms with Gasteiger partial charge in [-0.15, -0.1) is 12.4 Å². The molecule has 2 saturated heterocycles. The SMILES string of the molecule is COc1ccc(CN2CCC3(CCN(CCC(NC(=O)Nc4cccc(OC)c4)c4ccccc4)CC3)C2=O)cc1.Cl. The van der Waals surface area contributed by atoms with Gasteiger partial charge in [0.2, 0.25) is 5.91 Å². The number of hydrogen-bond donors (Lipinski definition) is 2. The van der Waals surface area contributed by atoms with Crippen LogP contribution in [0.1, 0.15) is 42.9 Å². The van der Waals surface area contributed by atoms with Crippen LogP contribution in [-0.4, -0.2) is 62.1 Å². The van der Waals surface area contributed by atoms with Gasteiger partial charge < -0.3 is 29.9 Å². The Morgan fingerprint density at radius 2 is 1.57 bits per heavy atom. The number of hydrogen-bond acceptors (Lipinski definition) is 5. The summed E-state index contributed by atoms with van der Waals surface area (Å²) < 4.78 is 10.5. The first kappa shape index (κ1) is 31.2. The van der Waals surface area contributed by atoms with Crippen LogP contribution in [0.15, 0.2) is 78.9 Å². The normalized spacial score (nSPS) is 16.9. The van der Waals surface area contributed by atoms with Crippen LogP contribution in [0, 0.1) is 5.41 Å². The molecule has 9 heteroatoms. The Morgan fingerprint density at radius 3 is 2.26 bits per heavy atom. The van der Waals surface area contributed by atoms with Crippen molar-refractivity contribution in [2.45, 2.75) is 38.3 Å². The predicted molar refractivity (Wildman–Crippen MR) is 167 cm³/mol. The molecular formula is C33H41ClN4O4. The van der Waals surface area contributed by atoms with Crippen molar-refractivity contribution in [1.82, 2.24) is 15.1 Å². The second-order valence-corrected chi connectivity index (χ2v) is 11.0. The number of anilines is 1. The second-order valence-electron chi connectivity index (χ2n) is 11.0. The fraction of sp³-hybridized carbons (Fsp3) is 0.394. The number of nitrogens with one attached hydrogen (secondary N) is 2. The third-order valence-electron chi connectivity index (χ3n) is 8.52. The molecule has 1 atom stereocenters. The third kappa shape index (κ3) is 7.55. The number of nitrogens with zero attached hydrogens (tertiary/aromatic N) is 2. The number of benzene rings is 3. The third-order valence-corrected chi connectivity index (χ3v) is 8.52. The van der Waals surface area contributed by atoms with Crippen LogP contribution < -0.4 is 20.1 Å². The lowest BCUT2D eigenvalue weighted by Crippen LogP contribution is -2.45. The highest BCUT2D eigenvalue weighted by molar-refractivity contribution is 5.89. The molecule has 8 nitrogen and oxygen atoms in total. The van der Waals surface area contributed by atoms with E-state index in [0.717, 1.165) is 68.7 Å². The molecule has 0 aliphatic carbocycles. The number of halogens is 1. The minimum atomic E-state index is -0.252. The maximum atomic E-state index is 13.5. The highest BCUT2D eigenvalue weighted by Gasteiger charge is 2.47. The van der Waals surface area contributed by atoms with Crippen molar-refractivity contribution < 1.29 is 19.1 Å². The molecule has 224 valence electrons. The summed E-state index contributed by atoms with van der Waals surface area (Å²) in [4.78, 5) is 30.9. The number of likely N-dealkylation sites (tertiary alicyclic amines) is 2. The number of carbonyl (C=O) groups is 2. The maximum absolute atomic E-state index is 13.5. The summed E-state index contributed by atoms with van der Waals surface area (Å²) in [6.07, 6.45) is 3.46. The summed E-state index contributed by atoms with van der Waals surface area (Å²) in [5, 5.41) is 6.09. The highest BCUT2D eigenvalue weighted by atomic mass is 35.5. The standard InChI is InChI=1S/C33H40N4O4.ClH/c1-40-28-13-11-25(12-14-28)24-37-22-18-33(31(37)38)16-20-36(21-17-33)19-15-30(26-7-4-3-5-8-26)35-32(39)34-27-9-6-10-29(23-27)41-2;/h3-14,23,30H,15-22,24H2,1-2H3,(H2,34,35,39);1H. The summed E-state index contributed by atoms with van der Waals surface area (Å²) in [6, 6.07) is 25.0. The number of methoxy groups -OCH3 is 2. The fourth-order valence-corrected chi connectivity index (χ4v) is 6.01. The largest absolute Gasteiger partial charge is 0.497 e. The Morgan fingerprint density at radius 1 is 0.881 bits per heavy atom. The van der Waals surface area contributed by atoms with Crippen LogP contribution in [0.3, 0.4) is 0 Å². The smallest absolute Gasteiger partial charge is 0.319 e. The first-order valence-corrected chi connectivity index (χ1v) is 14.4. The minimum Gasteiger partial charge on any atom is -0.497 e. The van der Waals surface area contributed by atoms with Crippen molar-refractivity contribution in [1.29, 1.82) is 0 Å². The van der Waals surface area contributed by atoms with E-state index in [1.165, 1.54) is 0 Å². The lowest BCUT2D eigenvalue weighted by atomic mass is 9.77. The van der Waals surface area contributed by atoms with Crippen molar-refractivity contribution in [2.24, 2.45) is 5.41 Å². The minimum absolute atomic E-state index is 0. The molecule has 42 heavy (non-hydrogen) atoms. The molecule has 3 aromatic carbocycles. The van der Waals surface area contributed by atoms with E-state index in [1.807, 2.05) is 65.6 Å². The fourth-order valence-electron chi connectivity index (χ4n) is 6.01. The van der Waals surface area contributed by atoms with Crippen LogP contribution in [0.25, 0.3) is 0 Å². The molecule has 0 saturated carbocycles. The van der Waals surface area contributed by atoms with Crippen molar-refractivity contribution in [3.8, 4) is 11.5 Å². The average Bonchev–Trinajstić information content (AvgIpc) is 3.30. The van der Waals surface area contributed by atoms with Crippen molar-refractivity contribution in [3.05, 3.63) is 90.0 Å². The number of ether oxygens (including phenoxy) is 2. The Balaban J connectivity index is 0.00000405. The van der Waals surface area contributed by atoms with Crippen LogP contribution in [0.5, 0.6) is 11.5 Å². The molecule has 2 aliphatic heterocycles. The van der Waals surface area contributed by atoms with E-state index < -0.39 is 0 Å². The molecule has 2 fully saturated rings. The monoisotopic (exact) mass is 592 g/mol. The zero-order chi connectivity index (χ0) is 28.7. The summed E-state index contributed by atoms with van der Waals surface area (Å²) >= 11 is 0. The molecular weight excluding hydrogens is 552 g/mol. The van der Waals surface area contributed by atoms with E-state index in [-0.39, 0.29) is 29.9 Å². The van der Waals surface area contributed by atoms with Gasteiger partial charge in [-0.3, -0.25) is 4.79 Å². The molecule has 2 aliphatic rings.